The lowest BCUT2D eigenvalue weighted by Crippen LogP contribution is -2.06. The molecule has 0 aromatic heterocycles. The van der Waals surface area contributed by atoms with Crippen LogP contribution in [0.25, 0.3) is 0 Å². The fraction of sp³-hybridized carbons (Fsp3) is 1.00. The van der Waals surface area contributed by atoms with Crippen molar-refractivity contribution in [2.75, 3.05) is 20.4 Å². The molecule has 0 rings (SSSR count). The molecule has 13 heavy (non-hydrogen) atoms. The summed E-state index contributed by atoms with van der Waals surface area (Å²) in [6.45, 7) is -0.208. The predicted molar refractivity (Wildman–Crippen MR) is 45.0 cm³/mol. The summed E-state index contributed by atoms with van der Waals surface area (Å²) in [6, 6.07) is 0. The molecule has 0 aromatic carbocycles. The van der Waals surface area contributed by atoms with E-state index in [-0.39, 0.29) is 13.3 Å². The number of hydrogen-bond donors (Lipinski definition) is 0. The van der Waals surface area contributed by atoms with Gasteiger partial charge >= 0.3 is 0 Å². The number of alkyl halides is 1. The van der Waals surface area contributed by atoms with Crippen molar-refractivity contribution in [2.45, 2.75) is 25.7 Å². The Balaban J connectivity index is 3.21. The van der Waals surface area contributed by atoms with E-state index in [1.165, 1.54) is 0 Å². The van der Waals surface area contributed by atoms with Crippen molar-refractivity contribution in [2.24, 2.45) is 0 Å². The molecule has 0 aliphatic rings. The molecule has 4 nitrogen and oxygen atoms in total. The molecule has 0 spiro atoms. The Morgan fingerprint density at radius 3 is 2.46 bits per heavy atom. The first-order valence-corrected chi connectivity index (χ1v) is 5.66. The second kappa shape index (κ2) is 7.44. The molecule has 0 N–H and O–H groups in total. The molecule has 1 atom stereocenters. The Kier molecular flexibility index (Phi) is 7.47. The summed E-state index contributed by atoms with van der Waals surface area (Å²) >= 11 is 0. The van der Waals surface area contributed by atoms with Crippen LogP contribution >= 0.6 is 7.82 Å². The van der Waals surface area contributed by atoms with Crippen LogP contribution in [-0.2, 0) is 13.6 Å². The third kappa shape index (κ3) is 8.37. The van der Waals surface area contributed by atoms with Crippen LogP contribution in [0.1, 0.15) is 25.7 Å². The summed E-state index contributed by atoms with van der Waals surface area (Å²) in [5, 5.41) is 0. The average Bonchev–Trinajstić information content (AvgIpc) is 2.11. The number of hydrogen-bond acceptors (Lipinski definition) is 4. The average molecular weight is 213 g/mol. The molecular formula is C7H15FO4P-. The number of rotatable bonds is 8. The van der Waals surface area contributed by atoms with Gasteiger partial charge in [-0.3, -0.25) is 8.96 Å². The van der Waals surface area contributed by atoms with Crippen LogP contribution < -0.4 is 4.89 Å². The topological polar surface area (TPSA) is 58.6 Å². The van der Waals surface area contributed by atoms with E-state index in [9.17, 15) is 13.8 Å². The Morgan fingerprint density at radius 1 is 1.31 bits per heavy atom. The van der Waals surface area contributed by atoms with Crippen molar-refractivity contribution in [3.05, 3.63) is 0 Å². The van der Waals surface area contributed by atoms with Crippen molar-refractivity contribution < 1.29 is 22.9 Å². The summed E-state index contributed by atoms with van der Waals surface area (Å²) in [5.74, 6) is 0. The van der Waals surface area contributed by atoms with Crippen molar-refractivity contribution in [3.8, 4) is 0 Å². The summed E-state index contributed by atoms with van der Waals surface area (Å²) in [5.41, 5.74) is 0. The predicted octanol–water partition coefficient (Wildman–Crippen LogP) is 1.65. The molecule has 0 saturated carbocycles. The van der Waals surface area contributed by atoms with Crippen LogP contribution in [0.3, 0.4) is 0 Å². The van der Waals surface area contributed by atoms with Crippen LogP contribution in [0.5, 0.6) is 0 Å². The van der Waals surface area contributed by atoms with E-state index in [0.717, 1.165) is 20.0 Å². The monoisotopic (exact) mass is 213 g/mol. The van der Waals surface area contributed by atoms with Crippen molar-refractivity contribution in [1.29, 1.82) is 0 Å². The first kappa shape index (κ1) is 13.0. The smallest absolute Gasteiger partial charge is 0.267 e. The lowest BCUT2D eigenvalue weighted by atomic mass is 10.2. The normalized spacial score (nSPS) is 15.6. The quantitative estimate of drug-likeness (QED) is 0.454. The van der Waals surface area contributed by atoms with Gasteiger partial charge in [-0.2, -0.15) is 0 Å². The molecule has 0 aliphatic heterocycles. The molecule has 0 radical (unpaired) electrons. The van der Waals surface area contributed by atoms with Gasteiger partial charge < -0.3 is 13.9 Å². The second-order valence-corrected chi connectivity index (χ2v) is 4.08. The van der Waals surface area contributed by atoms with Gasteiger partial charge in [-0.15, -0.1) is 0 Å². The van der Waals surface area contributed by atoms with Gasteiger partial charge in [-0.25, -0.2) is 0 Å². The van der Waals surface area contributed by atoms with E-state index in [2.05, 4.69) is 9.05 Å². The third-order valence-corrected chi connectivity index (χ3v) is 2.45. The molecule has 0 amide bonds. The third-order valence-electron chi connectivity index (χ3n) is 1.50. The Bertz CT molecular complexity index is 165. The lowest BCUT2D eigenvalue weighted by molar-refractivity contribution is -0.223. The standard InChI is InChI=1S/C7H16FO4P/c1-11-13(9,10)12-7-5-3-2-4-6-8/h2-7H2,1H3,(H,9,10)/p-1. The zero-order valence-corrected chi connectivity index (χ0v) is 8.60. The molecule has 0 fully saturated rings. The van der Waals surface area contributed by atoms with Crippen molar-refractivity contribution >= 4 is 7.82 Å². The summed E-state index contributed by atoms with van der Waals surface area (Å²) in [4.78, 5) is 10.6. The Hall–Kier alpha value is 0.0400. The number of phosphoric acid groups is 1. The lowest BCUT2D eigenvalue weighted by Gasteiger charge is -2.19. The van der Waals surface area contributed by atoms with Gasteiger partial charge in [-0.1, -0.05) is 12.8 Å². The Labute approximate surface area is 77.7 Å². The first-order valence-electron chi connectivity index (χ1n) is 4.19. The summed E-state index contributed by atoms with van der Waals surface area (Å²) in [7, 11) is -3.00. The largest absolute Gasteiger partial charge is 0.756 e. The van der Waals surface area contributed by atoms with Gasteiger partial charge in [0.2, 0.25) is 0 Å². The molecule has 0 heterocycles. The van der Waals surface area contributed by atoms with Crippen molar-refractivity contribution in [1.82, 2.24) is 0 Å². The van der Waals surface area contributed by atoms with Crippen LogP contribution in [0, 0.1) is 0 Å². The van der Waals surface area contributed by atoms with E-state index in [1.807, 2.05) is 0 Å². The maximum Gasteiger partial charge on any atom is 0.267 e. The molecule has 0 bridgehead atoms. The molecule has 0 aliphatic carbocycles. The minimum Gasteiger partial charge on any atom is -0.756 e. The zero-order chi connectivity index (χ0) is 10.2. The highest BCUT2D eigenvalue weighted by Gasteiger charge is 2.04. The molecule has 80 valence electrons. The van der Waals surface area contributed by atoms with Gasteiger partial charge in [0.25, 0.3) is 7.82 Å². The SMILES string of the molecule is COP(=O)([O-])OCCCCCCF. The van der Waals surface area contributed by atoms with Gasteiger partial charge in [0.05, 0.1) is 13.3 Å². The van der Waals surface area contributed by atoms with Crippen LogP contribution in [0.4, 0.5) is 4.39 Å². The molecule has 1 unspecified atom stereocenters. The fourth-order valence-corrected chi connectivity index (χ4v) is 1.24. The van der Waals surface area contributed by atoms with E-state index >= 15 is 0 Å². The van der Waals surface area contributed by atoms with Gasteiger partial charge in [0, 0.05) is 7.11 Å². The number of phosphoric ester groups is 1. The fourth-order valence-electron chi connectivity index (χ4n) is 0.779. The Morgan fingerprint density at radius 2 is 1.92 bits per heavy atom. The second-order valence-electron chi connectivity index (χ2n) is 2.57. The highest BCUT2D eigenvalue weighted by molar-refractivity contribution is 7.45. The highest BCUT2D eigenvalue weighted by atomic mass is 31.2. The summed E-state index contributed by atoms with van der Waals surface area (Å²) < 4.78 is 30.7. The van der Waals surface area contributed by atoms with Crippen molar-refractivity contribution in [3.63, 3.8) is 0 Å². The van der Waals surface area contributed by atoms with E-state index in [4.69, 9.17) is 0 Å². The van der Waals surface area contributed by atoms with E-state index in [1.54, 1.807) is 0 Å². The zero-order valence-electron chi connectivity index (χ0n) is 7.70. The summed E-state index contributed by atoms with van der Waals surface area (Å²) in [6.07, 6.45) is 2.67. The van der Waals surface area contributed by atoms with Gasteiger partial charge in [-0.05, 0) is 12.8 Å². The maximum absolute atomic E-state index is 11.6. The van der Waals surface area contributed by atoms with E-state index < -0.39 is 7.82 Å². The number of unbranched alkanes of at least 4 members (excludes halogenated alkanes) is 3. The van der Waals surface area contributed by atoms with Gasteiger partial charge in [0.15, 0.2) is 0 Å². The highest BCUT2D eigenvalue weighted by Crippen LogP contribution is 2.36. The van der Waals surface area contributed by atoms with Crippen LogP contribution in [-0.4, -0.2) is 20.4 Å². The van der Waals surface area contributed by atoms with Gasteiger partial charge in [0.1, 0.15) is 0 Å². The molecule has 0 aromatic rings. The van der Waals surface area contributed by atoms with Crippen LogP contribution in [0.2, 0.25) is 0 Å². The minimum atomic E-state index is -4.05. The first-order chi connectivity index (χ1) is 6.12. The minimum absolute atomic E-state index is 0.112. The molecule has 0 saturated heterocycles. The molecule has 6 heteroatoms. The maximum atomic E-state index is 11.6. The molecular weight excluding hydrogens is 198 g/mol. The number of halogens is 1. The van der Waals surface area contributed by atoms with Crippen LogP contribution in [0.15, 0.2) is 0 Å². The van der Waals surface area contributed by atoms with E-state index in [0.29, 0.717) is 12.8 Å².